The Balaban J connectivity index is 1.65. The van der Waals surface area contributed by atoms with E-state index in [2.05, 4.69) is 10.3 Å². The summed E-state index contributed by atoms with van der Waals surface area (Å²) in [4.78, 5) is 16.5. The zero-order chi connectivity index (χ0) is 13.8. The first kappa shape index (κ1) is 13.3. The van der Waals surface area contributed by atoms with Crippen molar-refractivity contribution in [3.63, 3.8) is 0 Å². The summed E-state index contributed by atoms with van der Waals surface area (Å²) >= 11 is 0. The molecule has 3 rings (SSSR count). The Labute approximate surface area is 119 Å². The minimum Gasteiger partial charge on any atom is -0.307 e. The quantitative estimate of drug-likeness (QED) is 0.906. The van der Waals surface area contributed by atoms with Crippen molar-refractivity contribution in [3.8, 4) is 0 Å². The van der Waals surface area contributed by atoms with Gasteiger partial charge in [0.1, 0.15) is 0 Å². The van der Waals surface area contributed by atoms with Gasteiger partial charge in [-0.3, -0.25) is 9.78 Å². The number of carbonyl (C=O) groups excluding carboxylic acids is 1. The molecule has 1 aromatic carbocycles. The zero-order valence-corrected chi connectivity index (χ0v) is 11.6. The highest BCUT2D eigenvalue weighted by Gasteiger charge is 2.15. The maximum atomic E-state index is 12.1. The van der Waals surface area contributed by atoms with E-state index < -0.39 is 0 Å². The molecule has 1 aromatic heterocycles. The van der Waals surface area contributed by atoms with Crippen molar-refractivity contribution < 1.29 is 4.79 Å². The fourth-order valence-electron chi connectivity index (χ4n) is 2.97. The van der Waals surface area contributed by atoms with Crippen LogP contribution < -0.4 is 5.32 Å². The van der Waals surface area contributed by atoms with Crippen LogP contribution >= 0.6 is 0 Å². The average Bonchev–Trinajstić information content (AvgIpc) is 2.99. The largest absolute Gasteiger partial charge is 0.307 e. The molecule has 0 atom stereocenters. The van der Waals surface area contributed by atoms with Crippen LogP contribution in [0.3, 0.4) is 0 Å². The van der Waals surface area contributed by atoms with Crippen molar-refractivity contribution in [2.75, 3.05) is 6.54 Å². The van der Waals surface area contributed by atoms with Crippen LogP contribution in [-0.2, 0) is 11.2 Å². The molecule has 3 heteroatoms. The smallest absolute Gasteiger partial charge is 0.151 e. The van der Waals surface area contributed by atoms with Crippen molar-refractivity contribution >= 4 is 16.7 Å². The van der Waals surface area contributed by atoms with Gasteiger partial charge in [-0.25, -0.2) is 0 Å². The molecule has 0 radical (unpaired) electrons. The third-order valence-electron chi connectivity index (χ3n) is 4.07. The molecule has 2 aromatic rings. The molecule has 0 unspecified atom stereocenters. The van der Waals surface area contributed by atoms with E-state index in [-0.39, 0.29) is 5.78 Å². The Bertz CT molecular complexity index is 597. The second-order valence-electron chi connectivity index (χ2n) is 5.56. The number of benzene rings is 1. The van der Waals surface area contributed by atoms with Gasteiger partial charge in [-0.15, -0.1) is 0 Å². The maximum absolute atomic E-state index is 12.1. The molecular formula is C17H20N2O. The lowest BCUT2D eigenvalue weighted by molar-refractivity contribution is -0.117. The van der Waals surface area contributed by atoms with Crippen LogP contribution in [0.15, 0.2) is 36.5 Å². The Kier molecular flexibility index (Phi) is 4.07. The molecule has 1 aliphatic carbocycles. The summed E-state index contributed by atoms with van der Waals surface area (Å²) in [6.07, 6.45) is 7.29. The van der Waals surface area contributed by atoms with Crippen LogP contribution in [0.1, 0.15) is 31.2 Å². The van der Waals surface area contributed by atoms with Crippen molar-refractivity contribution in [2.24, 2.45) is 0 Å². The highest BCUT2D eigenvalue weighted by molar-refractivity contribution is 5.89. The number of fused-ring (bicyclic) bond motifs is 1. The lowest BCUT2D eigenvalue weighted by Gasteiger charge is -2.11. The van der Waals surface area contributed by atoms with Crippen molar-refractivity contribution in [1.82, 2.24) is 10.3 Å². The van der Waals surface area contributed by atoms with Crippen LogP contribution in [0.5, 0.6) is 0 Å². The number of nitrogens with zero attached hydrogens (tertiary/aromatic N) is 1. The normalized spacial score (nSPS) is 15.8. The monoisotopic (exact) mass is 268 g/mol. The van der Waals surface area contributed by atoms with Crippen LogP contribution in [0.4, 0.5) is 0 Å². The van der Waals surface area contributed by atoms with Gasteiger partial charge in [-0.2, -0.15) is 0 Å². The van der Waals surface area contributed by atoms with Crippen LogP contribution in [0.25, 0.3) is 10.9 Å². The molecule has 0 amide bonds. The fourth-order valence-corrected chi connectivity index (χ4v) is 2.97. The summed E-state index contributed by atoms with van der Waals surface area (Å²) in [6, 6.07) is 10.5. The molecule has 104 valence electrons. The Morgan fingerprint density at radius 3 is 2.85 bits per heavy atom. The molecular weight excluding hydrogens is 248 g/mol. The Morgan fingerprint density at radius 1 is 1.20 bits per heavy atom. The lowest BCUT2D eigenvalue weighted by atomic mass is 10.0. The van der Waals surface area contributed by atoms with E-state index in [4.69, 9.17) is 0 Å². The number of Topliss-reactive ketones (excluding diaryl/α,β-unsaturated/α-hetero) is 1. The van der Waals surface area contributed by atoms with Gasteiger partial charge in [0, 0.05) is 24.0 Å². The Morgan fingerprint density at radius 2 is 2.00 bits per heavy atom. The molecule has 3 nitrogen and oxygen atoms in total. The number of hydrogen-bond acceptors (Lipinski definition) is 3. The predicted octanol–water partition coefficient (Wildman–Crippen LogP) is 2.88. The topological polar surface area (TPSA) is 42.0 Å². The van der Waals surface area contributed by atoms with E-state index in [0.717, 1.165) is 16.5 Å². The van der Waals surface area contributed by atoms with Gasteiger partial charge in [0.15, 0.2) is 5.78 Å². The molecule has 0 aliphatic heterocycles. The molecule has 20 heavy (non-hydrogen) atoms. The van der Waals surface area contributed by atoms with Gasteiger partial charge in [-0.1, -0.05) is 31.0 Å². The summed E-state index contributed by atoms with van der Waals surface area (Å²) in [5, 5.41) is 4.47. The number of para-hydroxylation sites is 1. The summed E-state index contributed by atoms with van der Waals surface area (Å²) in [6.45, 7) is 0.487. The molecule has 1 saturated carbocycles. The number of ketones is 1. The molecule has 0 saturated heterocycles. The van der Waals surface area contributed by atoms with Crippen molar-refractivity contribution in [3.05, 3.63) is 42.1 Å². The van der Waals surface area contributed by atoms with Crippen LogP contribution in [0, 0.1) is 0 Å². The second-order valence-corrected chi connectivity index (χ2v) is 5.56. The Hall–Kier alpha value is -1.74. The van der Waals surface area contributed by atoms with E-state index >= 15 is 0 Å². The van der Waals surface area contributed by atoms with Gasteiger partial charge < -0.3 is 5.32 Å². The minimum atomic E-state index is 0.258. The second kappa shape index (κ2) is 6.14. The van der Waals surface area contributed by atoms with Gasteiger partial charge in [0.2, 0.25) is 0 Å². The zero-order valence-electron chi connectivity index (χ0n) is 11.6. The van der Waals surface area contributed by atoms with E-state index in [0.29, 0.717) is 19.0 Å². The van der Waals surface area contributed by atoms with E-state index in [1.165, 1.54) is 25.7 Å². The first-order valence-corrected chi connectivity index (χ1v) is 7.40. The summed E-state index contributed by atoms with van der Waals surface area (Å²) in [5.74, 6) is 0.258. The third-order valence-corrected chi connectivity index (χ3v) is 4.07. The molecule has 0 spiro atoms. The highest BCUT2D eigenvalue weighted by atomic mass is 16.1. The number of aromatic nitrogens is 1. The fraction of sp³-hybridized carbons (Fsp3) is 0.412. The average molecular weight is 268 g/mol. The number of hydrogen-bond donors (Lipinski definition) is 1. The molecule has 1 heterocycles. The minimum absolute atomic E-state index is 0.258. The van der Waals surface area contributed by atoms with Crippen LogP contribution in [-0.4, -0.2) is 23.4 Å². The molecule has 1 aliphatic rings. The van der Waals surface area contributed by atoms with E-state index in [9.17, 15) is 4.79 Å². The molecule has 1 fully saturated rings. The predicted molar refractivity (Wildman–Crippen MR) is 80.7 cm³/mol. The number of pyridine rings is 1. The summed E-state index contributed by atoms with van der Waals surface area (Å²) in [7, 11) is 0. The van der Waals surface area contributed by atoms with Crippen molar-refractivity contribution in [2.45, 2.75) is 38.1 Å². The highest BCUT2D eigenvalue weighted by Crippen LogP contribution is 2.18. The molecule has 0 bridgehead atoms. The number of carbonyl (C=O) groups is 1. The van der Waals surface area contributed by atoms with E-state index in [1.807, 2.05) is 30.3 Å². The van der Waals surface area contributed by atoms with E-state index in [1.54, 1.807) is 6.20 Å². The van der Waals surface area contributed by atoms with Gasteiger partial charge in [-0.05, 0) is 30.5 Å². The number of rotatable bonds is 5. The molecule has 1 N–H and O–H groups in total. The van der Waals surface area contributed by atoms with Gasteiger partial charge in [0.05, 0.1) is 12.1 Å². The first-order valence-electron chi connectivity index (χ1n) is 7.40. The maximum Gasteiger partial charge on any atom is 0.151 e. The van der Waals surface area contributed by atoms with Crippen molar-refractivity contribution in [1.29, 1.82) is 0 Å². The number of nitrogens with one attached hydrogen (secondary N) is 1. The summed E-state index contributed by atoms with van der Waals surface area (Å²) in [5.41, 5.74) is 2.04. The van der Waals surface area contributed by atoms with Crippen LogP contribution in [0.2, 0.25) is 0 Å². The first-order chi connectivity index (χ1) is 9.83. The lowest BCUT2D eigenvalue weighted by Crippen LogP contribution is -2.32. The van der Waals surface area contributed by atoms with Gasteiger partial charge >= 0.3 is 0 Å². The SMILES string of the molecule is O=C(CNC1CCCC1)Cc1ccnc2ccccc12. The standard InChI is InChI=1S/C17H20N2O/c20-15(12-19-14-5-1-2-6-14)11-13-9-10-18-17-8-4-3-7-16(13)17/h3-4,7-10,14,19H,1-2,5-6,11-12H2. The van der Waals surface area contributed by atoms with Gasteiger partial charge in [0.25, 0.3) is 0 Å². The summed E-state index contributed by atoms with van der Waals surface area (Å²) < 4.78 is 0. The third kappa shape index (κ3) is 3.05.